The van der Waals surface area contributed by atoms with E-state index in [-0.39, 0.29) is 33.8 Å². The van der Waals surface area contributed by atoms with Crippen LogP contribution in [0.15, 0.2) is 152 Å². The number of rotatable bonds is 2. The minimum atomic E-state index is -0.218. The van der Waals surface area contributed by atoms with Gasteiger partial charge in [-0.2, -0.15) is 0 Å². The molecule has 0 amide bonds. The second-order valence-corrected chi connectivity index (χ2v) is 25.0. The van der Waals surface area contributed by atoms with Crippen LogP contribution >= 0.6 is 11.3 Å². The summed E-state index contributed by atoms with van der Waals surface area (Å²) in [5, 5.41) is 2.64. The molecule has 0 saturated carbocycles. The van der Waals surface area contributed by atoms with Gasteiger partial charge in [0.05, 0.1) is 5.69 Å². The molecule has 9 aromatic rings. The zero-order valence-electron chi connectivity index (χ0n) is 42.3. The van der Waals surface area contributed by atoms with Crippen molar-refractivity contribution in [1.29, 1.82) is 0 Å². The molecule has 0 atom stereocenters. The predicted molar refractivity (Wildman–Crippen MR) is 298 cm³/mol. The molecule has 0 unspecified atom stereocenters. The fourth-order valence-corrected chi connectivity index (χ4v) is 14.7. The molecular formula is C65H61BN2S. The molecule has 1 aromatic heterocycles. The van der Waals surface area contributed by atoms with Crippen molar-refractivity contribution in [3.8, 4) is 0 Å². The maximum atomic E-state index is 2.69. The van der Waals surface area contributed by atoms with E-state index in [1.165, 1.54) is 126 Å². The van der Waals surface area contributed by atoms with Gasteiger partial charge in [-0.15, -0.1) is 11.3 Å². The van der Waals surface area contributed by atoms with Crippen LogP contribution in [0.3, 0.4) is 0 Å². The second kappa shape index (κ2) is 13.9. The lowest BCUT2D eigenvalue weighted by molar-refractivity contribution is 0.521. The van der Waals surface area contributed by atoms with Crippen LogP contribution in [-0.2, 0) is 27.1 Å². The molecule has 0 bridgehead atoms. The lowest BCUT2D eigenvalue weighted by atomic mass is 9.32. The Morgan fingerprint density at radius 3 is 1.39 bits per heavy atom. The number of aryl methyl sites for hydroxylation is 1. The van der Waals surface area contributed by atoms with Crippen molar-refractivity contribution in [1.82, 2.24) is 0 Å². The summed E-state index contributed by atoms with van der Waals surface area (Å²) in [5.41, 5.74) is 24.8. The monoisotopic (exact) mass is 912 g/mol. The van der Waals surface area contributed by atoms with Crippen LogP contribution in [0.25, 0.3) is 20.2 Å². The summed E-state index contributed by atoms with van der Waals surface area (Å²) in [5.74, 6) is 0. The summed E-state index contributed by atoms with van der Waals surface area (Å²) in [4.78, 5) is 5.33. The molecule has 3 heterocycles. The summed E-state index contributed by atoms with van der Waals surface area (Å²) in [6, 6.07) is 59.6. The van der Waals surface area contributed by atoms with Crippen molar-refractivity contribution in [3.05, 3.63) is 207 Å². The van der Waals surface area contributed by atoms with Crippen molar-refractivity contribution < 1.29 is 0 Å². The Bertz CT molecular complexity index is 3690. The maximum Gasteiger partial charge on any atom is 0.252 e. The van der Waals surface area contributed by atoms with Crippen molar-refractivity contribution in [2.75, 3.05) is 9.80 Å². The Labute approximate surface area is 413 Å². The van der Waals surface area contributed by atoms with Gasteiger partial charge in [-0.1, -0.05) is 173 Å². The number of benzene rings is 8. The van der Waals surface area contributed by atoms with E-state index in [0.717, 1.165) is 0 Å². The minimum Gasteiger partial charge on any atom is -0.311 e. The van der Waals surface area contributed by atoms with E-state index in [1.54, 1.807) is 0 Å². The van der Waals surface area contributed by atoms with Crippen molar-refractivity contribution >= 4 is 88.7 Å². The largest absolute Gasteiger partial charge is 0.311 e. The zero-order chi connectivity index (χ0) is 47.9. The Hall–Kier alpha value is -6.36. The first kappa shape index (κ1) is 42.7. The van der Waals surface area contributed by atoms with Crippen LogP contribution in [0, 0.1) is 6.92 Å². The average Bonchev–Trinajstić information content (AvgIpc) is 3.71. The standard InChI is InChI=1S/C65H61BN2S/c1-38-32-55-60-56(33-38)68(52-25-19-27-58-59(52)41-20-13-18-26-57(41)69-58)54-37-49-47(63(7,8)43-22-15-17-24-45(43)65(49,11)12)35-51(54)66(60)50-34-46-48(64(9,10)44-23-16-14-21-42(44)62(46,5)6)36-53(50)67(55)40-30-28-39(29-31-40)61(2,3)4/h13-37H,1-12H3. The van der Waals surface area contributed by atoms with Gasteiger partial charge >= 0.3 is 0 Å². The molecule has 2 aliphatic heterocycles. The van der Waals surface area contributed by atoms with Crippen molar-refractivity contribution in [2.24, 2.45) is 0 Å². The molecule has 2 nitrogen and oxygen atoms in total. The van der Waals surface area contributed by atoms with Gasteiger partial charge in [-0.05, 0) is 139 Å². The number of fused-ring (bicyclic) bond motifs is 11. The number of hydrogen-bond acceptors (Lipinski definition) is 3. The van der Waals surface area contributed by atoms with E-state index in [2.05, 4.69) is 245 Å². The number of hydrogen-bond donors (Lipinski definition) is 0. The number of nitrogens with zero attached hydrogens (tertiary/aromatic N) is 2. The van der Waals surface area contributed by atoms with E-state index in [0.29, 0.717) is 0 Å². The molecule has 4 heteroatoms. The van der Waals surface area contributed by atoms with Gasteiger partial charge in [0.2, 0.25) is 0 Å². The summed E-state index contributed by atoms with van der Waals surface area (Å²) in [7, 11) is 0. The van der Waals surface area contributed by atoms with E-state index >= 15 is 0 Å². The van der Waals surface area contributed by atoms with E-state index in [1.807, 2.05) is 11.3 Å². The molecule has 0 radical (unpaired) electrons. The quantitative estimate of drug-likeness (QED) is 0.159. The second-order valence-electron chi connectivity index (χ2n) is 23.9. The van der Waals surface area contributed by atoms with Gasteiger partial charge in [-0.25, -0.2) is 0 Å². The third kappa shape index (κ3) is 5.67. The fourth-order valence-electron chi connectivity index (χ4n) is 13.6. The van der Waals surface area contributed by atoms with Crippen LogP contribution in [0.2, 0.25) is 0 Å². The van der Waals surface area contributed by atoms with Crippen LogP contribution in [0.5, 0.6) is 0 Å². The predicted octanol–water partition coefficient (Wildman–Crippen LogP) is 15.7. The van der Waals surface area contributed by atoms with Gasteiger partial charge in [-0.3, -0.25) is 0 Å². The fraction of sp³-hybridized carbons (Fsp3) is 0.262. The van der Waals surface area contributed by atoms with Crippen molar-refractivity contribution in [2.45, 2.75) is 110 Å². The zero-order valence-corrected chi connectivity index (χ0v) is 43.1. The first-order valence-corrected chi connectivity index (χ1v) is 25.9. The van der Waals surface area contributed by atoms with E-state index in [4.69, 9.17) is 0 Å². The normalized spacial score (nSPS) is 17.4. The highest BCUT2D eigenvalue weighted by Gasteiger charge is 2.50. The number of anilines is 6. The van der Waals surface area contributed by atoms with Gasteiger partial charge in [0, 0.05) is 70.3 Å². The van der Waals surface area contributed by atoms with Crippen LogP contribution in [-0.4, -0.2) is 6.71 Å². The summed E-state index contributed by atoms with van der Waals surface area (Å²) in [6.45, 7) is 28.9. The van der Waals surface area contributed by atoms with Gasteiger partial charge in [0.15, 0.2) is 0 Å². The lowest BCUT2D eigenvalue weighted by Gasteiger charge is -2.49. The topological polar surface area (TPSA) is 6.48 Å². The molecule has 4 aliphatic rings. The molecule has 69 heavy (non-hydrogen) atoms. The van der Waals surface area contributed by atoms with Gasteiger partial charge in [0.1, 0.15) is 0 Å². The molecule has 0 N–H and O–H groups in total. The van der Waals surface area contributed by atoms with Crippen LogP contribution in [0.1, 0.15) is 132 Å². The van der Waals surface area contributed by atoms with Crippen LogP contribution < -0.4 is 26.2 Å². The Morgan fingerprint density at radius 2 is 0.870 bits per heavy atom. The molecule has 0 fully saturated rings. The maximum absolute atomic E-state index is 2.69. The summed E-state index contributed by atoms with van der Waals surface area (Å²) in [6.07, 6.45) is 0. The highest BCUT2D eigenvalue weighted by molar-refractivity contribution is 7.26. The Balaban J connectivity index is 1.19. The number of thiophene rings is 1. The highest BCUT2D eigenvalue weighted by Crippen LogP contribution is 2.56. The molecule has 8 aromatic carbocycles. The lowest BCUT2D eigenvalue weighted by Crippen LogP contribution is -2.62. The van der Waals surface area contributed by atoms with E-state index < -0.39 is 0 Å². The molecule has 0 spiro atoms. The van der Waals surface area contributed by atoms with Gasteiger partial charge in [0.25, 0.3) is 6.71 Å². The molecule has 2 aliphatic carbocycles. The minimum absolute atomic E-state index is 0.0249. The molecular weight excluding hydrogens is 852 g/mol. The Morgan fingerprint density at radius 1 is 0.420 bits per heavy atom. The average molecular weight is 913 g/mol. The molecule has 340 valence electrons. The van der Waals surface area contributed by atoms with Gasteiger partial charge < -0.3 is 9.80 Å². The summed E-state index contributed by atoms with van der Waals surface area (Å²) >= 11 is 1.90. The summed E-state index contributed by atoms with van der Waals surface area (Å²) < 4.78 is 2.64. The third-order valence-electron chi connectivity index (χ3n) is 17.3. The molecule has 13 rings (SSSR count). The highest BCUT2D eigenvalue weighted by atomic mass is 32.1. The third-order valence-corrected chi connectivity index (χ3v) is 18.5. The van der Waals surface area contributed by atoms with E-state index in [9.17, 15) is 0 Å². The van der Waals surface area contributed by atoms with Crippen molar-refractivity contribution in [3.63, 3.8) is 0 Å². The Kier molecular flexibility index (Phi) is 8.62. The van der Waals surface area contributed by atoms with Crippen LogP contribution in [0.4, 0.5) is 34.1 Å². The first-order valence-electron chi connectivity index (χ1n) is 25.1. The first-order chi connectivity index (χ1) is 32.8. The SMILES string of the molecule is Cc1cc2c3c(c1)N(c1cccc4sc5ccccc5c14)c1cc4c(cc1B3c1cc3c(cc1N2c1ccc(C(C)(C)C)cc1)C(C)(C)c1ccccc1C3(C)C)C(C)(C)c1ccccc1C4(C)C. The smallest absolute Gasteiger partial charge is 0.252 e. The molecule has 0 saturated heterocycles.